The van der Waals surface area contributed by atoms with E-state index in [0.717, 1.165) is 0 Å². The van der Waals surface area contributed by atoms with Gasteiger partial charge >= 0.3 is 5.97 Å². The van der Waals surface area contributed by atoms with Crippen molar-refractivity contribution in [2.75, 3.05) is 23.8 Å². The number of carboxylic acids is 1. The molecule has 27 heavy (non-hydrogen) atoms. The summed E-state index contributed by atoms with van der Waals surface area (Å²) in [6.45, 7) is 0.420. The number of β-lactam (4-membered cyclic amide) rings is 1. The van der Waals surface area contributed by atoms with E-state index in [1.807, 2.05) is 0 Å². The molecule has 1 unspecified atom stereocenters. The average molecular weight is 413 g/mol. The lowest BCUT2D eigenvalue weighted by Gasteiger charge is -2.47. The van der Waals surface area contributed by atoms with Crippen LogP contribution in [0.3, 0.4) is 0 Å². The Bertz CT molecular complexity index is 909. The van der Waals surface area contributed by atoms with Gasteiger partial charge < -0.3 is 15.7 Å². The van der Waals surface area contributed by atoms with Crippen LogP contribution in [0.25, 0.3) is 0 Å². The van der Waals surface area contributed by atoms with Crippen molar-refractivity contribution >= 4 is 39.4 Å². The first-order chi connectivity index (χ1) is 12.7. The van der Waals surface area contributed by atoms with Crippen molar-refractivity contribution in [2.24, 2.45) is 5.73 Å². The SMILES string of the molecule is N[C@@H]1C(=O)N2C(C(=O)O)=C(/C=C3\CCN(C4CCS(=O)(=O)C4)C3=O)CS[C@H]12. The van der Waals surface area contributed by atoms with Gasteiger partial charge in [0.05, 0.1) is 11.5 Å². The summed E-state index contributed by atoms with van der Waals surface area (Å²) < 4.78 is 23.4. The number of nitrogens with two attached hydrogens (primary N) is 1. The number of hydrogen-bond donors (Lipinski definition) is 2. The second-order valence-corrected chi connectivity index (χ2v) is 10.4. The normalized spacial score (nSPS) is 34.3. The molecule has 4 rings (SSSR count). The molecule has 9 nitrogen and oxygen atoms in total. The Kier molecular flexibility index (Phi) is 4.35. The highest BCUT2D eigenvalue weighted by Crippen LogP contribution is 2.40. The summed E-state index contributed by atoms with van der Waals surface area (Å²) in [6.07, 6.45) is 2.41. The molecule has 2 amide bonds. The molecule has 146 valence electrons. The van der Waals surface area contributed by atoms with Crippen LogP contribution in [-0.2, 0) is 24.2 Å². The van der Waals surface area contributed by atoms with Gasteiger partial charge in [-0.2, -0.15) is 0 Å². The number of amides is 2. The first-order valence-corrected chi connectivity index (χ1v) is 11.5. The molecule has 0 aromatic heterocycles. The van der Waals surface area contributed by atoms with E-state index in [-0.39, 0.29) is 34.5 Å². The molecule has 4 aliphatic heterocycles. The number of carboxylic acid groups (broad SMARTS) is 1. The molecule has 3 fully saturated rings. The lowest BCUT2D eigenvalue weighted by Crippen LogP contribution is -2.68. The highest BCUT2D eigenvalue weighted by Gasteiger charge is 2.51. The lowest BCUT2D eigenvalue weighted by atomic mass is 10.0. The van der Waals surface area contributed by atoms with Crippen molar-refractivity contribution in [1.82, 2.24) is 9.80 Å². The number of thioether (sulfide) groups is 1. The Morgan fingerprint density at radius 1 is 1.33 bits per heavy atom. The summed E-state index contributed by atoms with van der Waals surface area (Å²) in [7, 11) is -3.10. The van der Waals surface area contributed by atoms with Crippen LogP contribution in [0.4, 0.5) is 0 Å². The zero-order valence-electron chi connectivity index (χ0n) is 14.3. The number of rotatable bonds is 3. The summed E-state index contributed by atoms with van der Waals surface area (Å²) in [5, 5.41) is 9.18. The summed E-state index contributed by atoms with van der Waals surface area (Å²) >= 11 is 1.37. The maximum Gasteiger partial charge on any atom is 0.352 e. The largest absolute Gasteiger partial charge is 0.477 e. The molecule has 0 aromatic rings. The quantitative estimate of drug-likeness (QED) is 0.440. The number of sulfone groups is 1. The van der Waals surface area contributed by atoms with Crippen LogP contribution < -0.4 is 5.73 Å². The number of likely N-dealkylation sites (tertiary alicyclic amines) is 1. The highest BCUT2D eigenvalue weighted by atomic mass is 32.2. The maximum atomic E-state index is 12.7. The zero-order valence-corrected chi connectivity index (χ0v) is 16.0. The van der Waals surface area contributed by atoms with Crippen molar-refractivity contribution in [1.29, 1.82) is 0 Å². The molecular weight excluding hydrogens is 394 g/mol. The van der Waals surface area contributed by atoms with Crippen LogP contribution in [0.2, 0.25) is 0 Å². The Labute approximate surface area is 160 Å². The second kappa shape index (κ2) is 6.35. The monoisotopic (exact) mass is 413 g/mol. The molecule has 0 bridgehead atoms. The summed E-state index contributed by atoms with van der Waals surface area (Å²) in [5.74, 6) is -1.50. The van der Waals surface area contributed by atoms with Crippen molar-refractivity contribution in [3.63, 3.8) is 0 Å². The average Bonchev–Trinajstić information content (AvgIpc) is 3.15. The molecular formula is C16H19N3O6S2. The number of fused-ring (bicyclic) bond motifs is 1. The van der Waals surface area contributed by atoms with E-state index in [4.69, 9.17) is 5.73 Å². The minimum atomic E-state index is -3.10. The third-order valence-electron chi connectivity index (χ3n) is 5.40. The number of carbonyl (C=O) groups excluding carboxylic acids is 2. The van der Waals surface area contributed by atoms with Gasteiger partial charge in [0, 0.05) is 23.9 Å². The van der Waals surface area contributed by atoms with Gasteiger partial charge in [-0.15, -0.1) is 11.8 Å². The molecule has 4 heterocycles. The Morgan fingerprint density at radius 2 is 2.07 bits per heavy atom. The van der Waals surface area contributed by atoms with E-state index in [2.05, 4.69) is 0 Å². The summed E-state index contributed by atoms with van der Waals surface area (Å²) in [4.78, 5) is 39.2. The third kappa shape index (κ3) is 2.97. The number of carbonyl (C=O) groups is 3. The third-order valence-corrected chi connectivity index (χ3v) is 8.47. The molecule has 3 saturated heterocycles. The van der Waals surface area contributed by atoms with Crippen LogP contribution in [0, 0.1) is 0 Å². The number of aliphatic carboxylic acids is 1. The topological polar surface area (TPSA) is 138 Å². The molecule has 3 atom stereocenters. The van der Waals surface area contributed by atoms with E-state index in [0.29, 0.717) is 36.3 Å². The van der Waals surface area contributed by atoms with Crippen LogP contribution in [0.1, 0.15) is 12.8 Å². The van der Waals surface area contributed by atoms with Crippen LogP contribution in [-0.4, -0.2) is 82.4 Å². The Balaban J connectivity index is 1.60. The number of allylic oxidation sites excluding steroid dienone is 1. The van der Waals surface area contributed by atoms with Gasteiger partial charge in [-0.3, -0.25) is 14.5 Å². The zero-order chi connectivity index (χ0) is 19.5. The van der Waals surface area contributed by atoms with E-state index in [1.165, 1.54) is 16.7 Å². The van der Waals surface area contributed by atoms with Crippen molar-refractivity contribution in [3.8, 4) is 0 Å². The van der Waals surface area contributed by atoms with Gasteiger partial charge in [0.1, 0.15) is 17.1 Å². The molecule has 0 radical (unpaired) electrons. The van der Waals surface area contributed by atoms with E-state index in [9.17, 15) is 27.9 Å². The summed E-state index contributed by atoms with van der Waals surface area (Å²) in [6, 6.07) is -1.02. The van der Waals surface area contributed by atoms with Crippen LogP contribution in [0.15, 0.2) is 22.9 Å². The molecule has 11 heteroatoms. The fourth-order valence-corrected chi connectivity index (χ4v) is 6.98. The summed E-state index contributed by atoms with van der Waals surface area (Å²) in [5.41, 5.74) is 6.47. The predicted molar refractivity (Wildman–Crippen MR) is 97.2 cm³/mol. The van der Waals surface area contributed by atoms with Gasteiger partial charge in [-0.1, -0.05) is 0 Å². The van der Waals surface area contributed by atoms with E-state index in [1.54, 1.807) is 11.0 Å². The smallest absolute Gasteiger partial charge is 0.352 e. The number of hydrogen-bond acceptors (Lipinski definition) is 7. The van der Waals surface area contributed by atoms with Gasteiger partial charge in [0.25, 0.3) is 0 Å². The number of nitrogens with zero attached hydrogens (tertiary/aromatic N) is 2. The van der Waals surface area contributed by atoms with Crippen molar-refractivity contribution in [3.05, 3.63) is 22.9 Å². The molecule has 0 spiro atoms. The minimum absolute atomic E-state index is 0.0210. The molecule has 3 N–H and O–H groups in total. The fraction of sp³-hybridized carbons (Fsp3) is 0.562. The maximum absolute atomic E-state index is 12.7. The molecule has 0 aliphatic carbocycles. The van der Waals surface area contributed by atoms with Gasteiger partial charge in [-0.05, 0) is 24.5 Å². The molecule has 0 saturated carbocycles. The fourth-order valence-electron chi connectivity index (χ4n) is 4.00. The van der Waals surface area contributed by atoms with E-state index >= 15 is 0 Å². The Hall–Kier alpha value is -1.85. The van der Waals surface area contributed by atoms with Gasteiger partial charge in [0.2, 0.25) is 11.8 Å². The molecule has 0 aromatic carbocycles. The van der Waals surface area contributed by atoms with Gasteiger partial charge in [0.15, 0.2) is 9.84 Å². The standard InChI is InChI=1S/C16H19N3O6S2/c17-11-14(21)19-12(16(22)23)9(6-26-15(11)19)5-8-1-3-18(13(8)20)10-2-4-27(24,25)7-10/h5,10-11,15H,1-4,6-7,17H2,(H,22,23)/b8-5+/t10?,11-,15-/m1/s1. The highest BCUT2D eigenvalue weighted by molar-refractivity contribution is 8.00. The minimum Gasteiger partial charge on any atom is -0.477 e. The lowest BCUT2D eigenvalue weighted by molar-refractivity contribution is -0.147. The first kappa shape index (κ1) is 18.5. The van der Waals surface area contributed by atoms with Crippen LogP contribution >= 0.6 is 11.8 Å². The first-order valence-electron chi connectivity index (χ1n) is 8.58. The van der Waals surface area contributed by atoms with Crippen LogP contribution in [0.5, 0.6) is 0 Å². The second-order valence-electron chi connectivity index (χ2n) is 7.09. The van der Waals surface area contributed by atoms with Crippen molar-refractivity contribution in [2.45, 2.75) is 30.3 Å². The predicted octanol–water partition coefficient (Wildman–Crippen LogP) is -1.09. The van der Waals surface area contributed by atoms with Gasteiger partial charge in [-0.25, -0.2) is 13.2 Å². The molecule has 4 aliphatic rings. The van der Waals surface area contributed by atoms with Crippen molar-refractivity contribution < 1.29 is 27.9 Å². The Morgan fingerprint density at radius 3 is 2.70 bits per heavy atom. The van der Waals surface area contributed by atoms with E-state index < -0.39 is 27.8 Å².